The first-order valence-electron chi connectivity index (χ1n) is 8.39. The second-order valence-corrected chi connectivity index (χ2v) is 7.14. The van der Waals surface area contributed by atoms with Crippen LogP contribution in [0, 0.1) is 6.92 Å². The molecule has 0 N–H and O–H groups in total. The number of aryl methyl sites for hydroxylation is 2. The van der Waals surface area contributed by atoms with Gasteiger partial charge in [0.1, 0.15) is 6.61 Å². The number of likely N-dealkylation sites (N-methyl/N-ethyl adjacent to an activating group) is 1. The molecule has 0 radical (unpaired) electrons. The Morgan fingerprint density at radius 2 is 2.04 bits per heavy atom. The van der Waals surface area contributed by atoms with Crippen molar-refractivity contribution in [3.63, 3.8) is 0 Å². The van der Waals surface area contributed by atoms with Crippen molar-refractivity contribution < 1.29 is 14.3 Å². The largest absolute Gasteiger partial charge is 0.486 e. The first-order valence-corrected chi connectivity index (χ1v) is 9.21. The van der Waals surface area contributed by atoms with Crippen molar-refractivity contribution in [2.45, 2.75) is 33.3 Å². The molecule has 0 spiro atoms. The topological polar surface area (TPSA) is 38.8 Å². The average molecular weight is 345 g/mol. The number of rotatable bonds is 5. The van der Waals surface area contributed by atoms with Crippen molar-refractivity contribution in [3.8, 4) is 11.5 Å². The summed E-state index contributed by atoms with van der Waals surface area (Å²) in [5.41, 5.74) is 1.26. The predicted octanol–water partition coefficient (Wildman–Crippen LogP) is 3.92. The first-order chi connectivity index (χ1) is 11.6. The fourth-order valence-electron chi connectivity index (χ4n) is 2.89. The molecule has 24 heavy (non-hydrogen) atoms. The Balaban J connectivity index is 1.69. The van der Waals surface area contributed by atoms with E-state index in [1.54, 1.807) is 11.3 Å². The zero-order chi connectivity index (χ0) is 17.1. The smallest absolute Gasteiger partial charge is 0.264 e. The van der Waals surface area contributed by atoms with Gasteiger partial charge >= 0.3 is 0 Å². The number of amides is 1. The van der Waals surface area contributed by atoms with Crippen LogP contribution in [0.15, 0.2) is 30.3 Å². The summed E-state index contributed by atoms with van der Waals surface area (Å²) in [7, 11) is 0. The number of hydrogen-bond donors (Lipinski definition) is 0. The van der Waals surface area contributed by atoms with Gasteiger partial charge in [0.25, 0.3) is 5.91 Å². The van der Waals surface area contributed by atoms with Crippen LogP contribution in [0.4, 0.5) is 0 Å². The highest BCUT2D eigenvalue weighted by molar-refractivity contribution is 7.14. The lowest BCUT2D eigenvalue weighted by atomic mass is 10.2. The van der Waals surface area contributed by atoms with E-state index in [4.69, 9.17) is 9.47 Å². The van der Waals surface area contributed by atoms with Crippen LogP contribution in [-0.4, -0.2) is 36.6 Å². The van der Waals surface area contributed by atoms with Gasteiger partial charge < -0.3 is 14.4 Å². The number of thiophene rings is 1. The molecule has 4 nitrogen and oxygen atoms in total. The van der Waals surface area contributed by atoms with E-state index < -0.39 is 0 Å². The van der Waals surface area contributed by atoms with Gasteiger partial charge in [-0.2, -0.15) is 0 Å². The molecule has 5 heteroatoms. The number of benzene rings is 1. The predicted molar refractivity (Wildman–Crippen MR) is 96.4 cm³/mol. The standard InChI is InChI=1S/C19H23NO3S/c1-4-14-10-18(24-13(14)3)19(21)20(5-2)11-15-12-22-16-8-6-7-9-17(16)23-15/h6-10,15H,4-5,11-12H2,1-3H3. The summed E-state index contributed by atoms with van der Waals surface area (Å²) >= 11 is 1.58. The molecule has 128 valence electrons. The molecule has 0 saturated heterocycles. The Morgan fingerprint density at radius 1 is 1.29 bits per heavy atom. The number of hydrogen-bond acceptors (Lipinski definition) is 4. The molecule has 0 saturated carbocycles. The molecule has 3 rings (SSSR count). The van der Waals surface area contributed by atoms with Crippen LogP contribution in [-0.2, 0) is 6.42 Å². The molecule has 1 unspecified atom stereocenters. The Morgan fingerprint density at radius 3 is 2.71 bits per heavy atom. The van der Waals surface area contributed by atoms with Crippen LogP contribution in [0.2, 0.25) is 0 Å². The number of nitrogens with zero attached hydrogens (tertiary/aromatic N) is 1. The van der Waals surface area contributed by atoms with Crippen LogP contribution in [0.3, 0.4) is 0 Å². The van der Waals surface area contributed by atoms with Gasteiger partial charge in [-0.15, -0.1) is 11.3 Å². The van der Waals surface area contributed by atoms with Crippen molar-refractivity contribution in [1.82, 2.24) is 4.90 Å². The van der Waals surface area contributed by atoms with Gasteiger partial charge in [0.2, 0.25) is 0 Å². The van der Waals surface area contributed by atoms with Crippen LogP contribution in [0.5, 0.6) is 11.5 Å². The van der Waals surface area contributed by atoms with Gasteiger partial charge in [-0.1, -0.05) is 19.1 Å². The molecule has 2 heterocycles. The minimum absolute atomic E-state index is 0.0766. The molecule has 1 aromatic heterocycles. The van der Waals surface area contributed by atoms with E-state index in [9.17, 15) is 4.79 Å². The van der Waals surface area contributed by atoms with E-state index in [0.29, 0.717) is 19.7 Å². The van der Waals surface area contributed by atoms with E-state index >= 15 is 0 Å². The van der Waals surface area contributed by atoms with Crippen molar-refractivity contribution in [3.05, 3.63) is 45.6 Å². The quantitative estimate of drug-likeness (QED) is 0.824. The summed E-state index contributed by atoms with van der Waals surface area (Å²) in [4.78, 5) is 16.7. The molecule has 1 atom stereocenters. The number of ether oxygens (including phenoxy) is 2. The van der Waals surface area contributed by atoms with E-state index in [1.165, 1.54) is 10.4 Å². The Kier molecular flexibility index (Phi) is 5.09. The molecule has 0 fully saturated rings. The average Bonchev–Trinajstić information content (AvgIpc) is 2.99. The van der Waals surface area contributed by atoms with Crippen LogP contribution >= 0.6 is 11.3 Å². The molecule has 1 amide bonds. The molecule has 0 bridgehead atoms. The van der Waals surface area contributed by atoms with E-state index in [0.717, 1.165) is 22.8 Å². The van der Waals surface area contributed by atoms with E-state index in [-0.39, 0.29) is 12.0 Å². The van der Waals surface area contributed by atoms with Crippen molar-refractivity contribution in [2.24, 2.45) is 0 Å². The lowest BCUT2D eigenvalue weighted by molar-refractivity contribution is 0.0478. The van der Waals surface area contributed by atoms with Crippen molar-refractivity contribution >= 4 is 17.2 Å². The van der Waals surface area contributed by atoms with Crippen LogP contribution in [0.25, 0.3) is 0 Å². The Bertz CT molecular complexity index is 725. The maximum atomic E-state index is 12.8. The number of para-hydroxylation sites is 2. The van der Waals surface area contributed by atoms with Crippen LogP contribution in [0.1, 0.15) is 34.0 Å². The van der Waals surface area contributed by atoms with Gasteiger partial charge in [0, 0.05) is 11.4 Å². The van der Waals surface area contributed by atoms with E-state index in [1.807, 2.05) is 42.2 Å². The van der Waals surface area contributed by atoms with E-state index in [2.05, 4.69) is 13.8 Å². The Labute approximate surface area is 147 Å². The van der Waals surface area contributed by atoms with Gasteiger partial charge in [0.15, 0.2) is 17.6 Å². The van der Waals surface area contributed by atoms with Crippen molar-refractivity contribution in [1.29, 1.82) is 0 Å². The fourth-order valence-corrected chi connectivity index (χ4v) is 3.97. The minimum Gasteiger partial charge on any atom is -0.486 e. The molecular formula is C19H23NO3S. The molecule has 1 aromatic carbocycles. The molecular weight excluding hydrogens is 322 g/mol. The summed E-state index contributed by atoms with van der Waals surface area (Å²) in [6.07, 6.45) is 0.813. The second-order valence-electron chi connectivity index (χ2n) is 5.89. The monoisotopic (exact) mass is 345 g/mol. The minimum atomic E-state index is -0.143. The zero-order valence-electron chi connectivity index (χ0n) is 14.4. The summed E-state index contributed by atoms with van der Waals surface area (Å²) in [6.45, 7) is 7.83. The summed E-state index contributed by atoms with van der Waals surface area (Å²) < 4.78 is 11.7. The first kappa shape index (κ1) is 16.8. The summed E-state index contributed by atoms with van der Waals surface area (Å²) in [6, 6.07) is 9.67. The normalized spacial score (nSPS) is 16.0. The third-order valence-corrected chi connectivity index (χ3v) is 5.35. The number of carbonyl (C=O) groups excluding carboxylic acids is 1. The summed E-state index contributed by atoms with van der Waals surface area (Å²) in [5.74, 6) is 1.59. The van der Waals surface area contributed by atoms with Crippen molar-refractivity contribution in [2.75, 3.05) is 19.7 Å². The van der Waals surface area contributed by atoms with Gasteiger partial charge in [0.05, 0.1) is 11.4 Å². The molecule has 2 aromatic rings. The molecule has 1 aliphatic heterocycles. The van der Waals surface area contributed by atoms with Gasteiger partial charge in [-0.05, 0) is 44.0 Å². The highest BCUT2D eigenvalue weighted by Crippen LogP contribution is 2.31. The molecule has 0 aliphatic carbocycles. The molecule has 1 aliphatic rings. The lowest BCUT2D eigenvalue weighted by Gasteiger charge is -2.30. The maximum Gasteiger partial charge on any atom is 0.264 e. The number of fused-ring (bicyclic) bond motifs is 1. The third kappa shape index (κ3) is 3.41. The summed E-state index contributed by atoms with van der Waals surface area (Å²) in [5, 5.41) is 0. The maximum absolute atomic E-state index is 12.8. The highest BCUT2D eigenvalue weighted by Gasteiger charge is 2.26. The Hall–Kier alpha value is -2.01. The third-order valence-electron chi connectivity index (χ3n) is 4.27. The van der Waals surface area contributed by atoms with Gasteiger partial charge in [-0.3, -0.25) is 4.79 Å². The zero-order valence-corrected chi connectivity index (χ0v) is 15.2. The number of carbonyl (C=O) groups is 1. The van der Waals surface area contributed by atoms with Gasteiger partial charge in [-0.25, -0.2) is 0 Å². The highest BCUT2D eigenvalue weighted by atomic mass is 32.1. The second kappa shape index (κ2) is 7.26. The lowest BCUT2D eigenvalue weighted by Crippen LogP contribution is -2.43. The fraction of sp³-hybridized carbons (Fsp3) is 0.421. The SMILES string of the molecule is CCc1cc(C(=O)N(CC)CC2COc3ccccc3O2)sc1C. The van der Waals surface area contributed by atoms with Crippen LogP contribution < -0.4 is 9.47 Å².